The highest BCUT2D eigenvalue weighted by Gasteiger charge is 2.09. The Morgan fingerprint density at radius 2 is 1.80 bits per heavy atom. The maximum absolute atomic E-state index is 11.5. The van der Waals surface area contributed by atoms with E-state index in [1.54, 1.807) is 18.2 Å². The van der Waals surface area contributed by atoms with Gasteiger partial charge in [0.15, 0.2) is 16.1 Å². The average Bonchev–Trinajstić information content (AvgIpc) is 2.38. The molecule has 4 nitrogen and oxygen atoms in total. The fourth-order valence-electron chi connectivity index (χ4n) is 1.57. The molecule has 0 radical (unpaired) electrons. The summed E-state index contributed by atoms with van der Waals surface area (Å²) in [6.07, 6.45) is 1.78. The van der Waals surface area contributed by atoms with Crippen LogP contribution in [-0.4, -0.2) is 21.0 Å². The van der Waals surface area contributed by atoms with Gasteiger partial charge in [-0.25, -0.2) is 8.42 Å². The molecule has 2 aromatic rings. The first-order valence-electron chi connectivity index (χ1n) is 5.63. The van der Waals surface area contributed by atoms with Gasteiger partial charge in [-0.3, -0.25) is 4.79 Å². The molecule has 6 heteroatoms. The Labute approximate surface area is 121 Å². The average molecular weight is 311 g/mol. The van der Waals surface area contributed by atoms with Crippen molar-refractivity contribution < 1.29 is 17.9 Å². The normalized spacial score (nSPS) is 11.1. The molecule has 0 aliphatic carbocycles. The summed E-state index contributed by atoms with van der Waals surface area (Å²) in [6.45, 7) is 0. The predicted octanol–water partition coefficient (Wildman–Crippen LogP) is 3.35. The van der Waals surface area contributed by atoms with Gasteiger partial charge in [0.25, 0.3) is 0 Å². The molecule has 0 amide bonds. The lowest BCUT2D eigenvalue weighted by molar-refractivity contribution is 0.112. The molecule has 0 N–H and O–H groups in total. The third kappa shape index (κ3) is 3.37. The van der Waals surface area contributed by atoms with E-state index in [0.717, 1.165) is 6.26 Å². The van der Waals surface area contributed by atoms with Gasteiger partial charge < -0.3 is 4.74 Å². The highest BCUT2D eigenvalue weighted by Crippen LogP contribution is 2.27. The van der Waals surface area contributed by atoms with Crippen LogP contribution in [0.4, 0.5) is 0 Å². The Morgan fingerprint density at radius 1 is 1.10 bits per heavy atom. The quantitative estimate of drug-likeness (QED) is 0.813. The van der Waals surface area contributed by atoms with Crippen LogP contribution in [0, 0.1) is 0 Å². The van der Waals surface area contributed by atoms with Gasteiger partial charge in [0.05, 0.1) is 9.92 Å². The van der Waals surface area contributed by atoms with Gasteiger partial charge in [-0.15, -0.1) is 0 Å². The SMILES string of the molecule is CS(=O)(=O)c1cccc(Oc2ccc(C=O)c(Cl)c2)c1. The fraction of sp³-hybridized carbons (Fsp3) is 0.0714. The van der Waals surface area contributed by atoms with Crippen LogP contribution in [0.15, 0.2) is 47.4 Å². The summed E-state index contributed by atoms with van der Waals surface area (Å²) >= 11 is 5.89. The first-order valence-corrected chi connectivity index (χ1v) is 7.90. The van der Waals surface area contributed by atoms with Gasteiger partial charge >= 0.3 is 0 Å². The standard InChI is InChI=1S/C14H11ClO4S/c1-20(17,18)13-4-2-3-11(7-13)19-12-6-5-10(9-16)14(15)8-12/h2-9H,1H3. The lowest BCUT2D eigenvalue weighted by atomic mass is 10.2. The largest absolute Gasteiger partial charge is 0.457 e. The molecule has 2 rings (SSSR count). The molecule has 104 valence electrons. The van der Waals surface area contributed by atoms with E-state index in [0.29, 0.717) is 23.3 Å². The first kappa shape index (κ1) is 14.6. The van der Waals surface area contributed by atoms with E-state index in [1.165, 1.54) is 24.3 Å². The van der Waals surface area contributed by atoms with Crippen molar-refractivity contribution in [1.82, 2.24) is 0 Å². The summed E-state index contributed by atoms with van der Waals surface area (Å²) in [6, 6.07) is 10.8. The minimum atomic E-state index is -3.29. The second kappa shape index (κ2) is 5.64. The lowest BCUT2D eigenvalue weighted by Gasteiger charge is -2.08. The molecule has 0 bridgehead atoms. The van der Waals surface area contributed by atoms with Gasteiger partial charge in [-0.1, -0.05) is 17.7 Å². The molecule has 2 aromatic carbocycles. The number of aldehydes is 1. The number of sulfone groups is 1. The maximum atomic E-state index is 11.5. The van der Waals surface area contributed by atoms with Crippen LogP contribution in [-0.2, 0) is 9.84 Å². The summed E-state index contributed by atoms with van der Waals surface area (Å²) in [7, 11) is -3.29. The topological polar surface area (TPSA) is 60.4 Å². The van der Waals surface area contributed by atoms with Crippen molar-refractivity contribution >= 4 is 27.7 Å². The molecule has 20 heavy (non-hydrogen) atoms. The summed E-state index contributed by atoms with van der Waals surface area (Å²) in [5.41, 5.74) is 0.365. The summed E-state index contributed by atoms with van der Waals surface area (Å²) in [5, 5.41) is 0.275. The number of benzene rings is 2. The predicted molar refractivity (Wildman–Crippen MR) is 76.5 cm³/mol. The molecule has 0 aliphatic rings. The molecule has 0 heterocycles. The van der Waals surface area contributed by atoms with Crippen LogP contribution in [0.5, 0.6) is 11.5 Å². The molecule has 0 unspecified atom stereocenters. The van der Waals surface area contributed by atoms with E-state index >= 15 is 0 Å². The molecule has 0 aromatic heterocycles. The maximum Gasteiger partial charge on any atom is 0.175 e. The zero-order valence-electron chi connectivity index (χ0n) is 10.5. The van der Waals surface area contributed by atoms with Crippen molar-refractivity contribution in [3.05, 3.63) is 53.1 Å². The molecule has 0 atom stereocenters. The number of rotatable bonds is 4. The van der Waals surface area contributed by atoms with Crippen molar-refractivity contribution in [2.24, 2.45) is 0 Å². The van der Waals surface area contributed by atoms with Crippen molar-refractivity contribution in [3.63, 3.8) is 0 Å². The minimum Gasteiger partial charge on any atom is -0.457 e. The minimum absolute atomic E-state index is 0.172. The van der Waals surface area contributed by atoms with Crippen molar-refractivity contribution in [2.75, 3.05) is 6.26 Å². The van der Waals surface area contributed by atoms with Crippen molar-refractivity contribution in [3.8, 4) is 11.5 Å². The molecule has 0 saturated carbocycles. The van der Waals surface area contributed by atoms with E-state index in [1.807, 2.05) is 0 Å². The highest BCUT2D eigenvalue weighted by atomic mass is 35.5. The van der Waals surface area contributed by atoms with Gasteiger partial charge in [0.1, 0.15) is 11.5 Å². The molecular formula is C14H11ClO4S. The van der Waals surface area contributed by atoms with E-state index in [2.05, 4.69) is 0 Å². The van der Waals surface area contributed by atoms with E-state index in [-0.39, 0.29) is 9.92 Å². The number of hydrogen-bond acceptors (Lipinski definition) is 4. The highest BCUT2D eigenvalue weighted by molar-refractivity contribution is 7.90. The number of halogens is 1. The molecule has 0 fully saturated rings. The van der Waals surface area contributed by atoms with E-state index < -0.39 is 9.84 Å². The summed E-state index contributed by atoms with van der Waals surface area (Å²) in [5.74, 6) is 0.800. The molecular weight excluding hydrogens is 300 g/mol. The number of carbonyl (C=O) groups is 1. The third-order valence-electron chi connectivity index (χ3n) is 2.57. The Balaban J connectivity index is 2.31. The summed E-state index contributed by atoms with van der Waals surface area (Å²) < 4.78 is 28.4. The lowest BCUT2D eigenvalue weighted by Crippen LogP contribution is -1.97. The Hall–Kier alpha value is -1.85. The van der Waals surface area contributed by atoms with Crippen LogP contribution in [0.25, 0.3) is 0 Å². The zero-order valence-corrected chi connectivity index (χ0v) is 12.1. The van der Waals surface area contributed by atoms with Crippen LogP contribution in [0.3, 0.4) is 0 Å². The Kier molecular flexibility index (Phi) is 4.11. The van der Waals surface area contributed by atoms with Gasteiger partial charge in [0.2, 0.25) is 0 Å². The smallest absolute Gasteiger partial charge is 0.175 e. The van der Waals surface area contributed by atoms with Crippen LogP contribution in [0.1, 0.15) is 10.4 Å². The van der Waals surface area contributed by atoms with E-state index in [4.69, 9.17) is 16.3 Å². The second-order valence-corrected chi connectivity index (χ2v) is 6.57. The van der Waals surface area contributed by atoms with Crippen molar-refractivity contribution in [1.29, 1.82) is 0 Å². The van der Waals surface area contributed by atoms with Gasteiger partial charge in [-0.05, 0) is 30.3 Å². The zero-order chi connectivity index (χ0) is 14.8. The molecule has 0 aliphatic heterocycles. The number of carbonyl (C=O) groups excluding carboxylic acids is 1. The van der Waals surface area contributed by atoms with Crippen molar-refractivity contribution in [2.45, 2.75) is 4.90 Å². The van der Waals surface area contributed by atoms with Gasteiger partial charge in [0, 0.05) is 17.9 Å². The first-order chi connectivity index (χ1) is 9.40. The number of hydrogen-bond donors (Lipinski definition) is 0. The molecule has 0 spiro atoms. The summed E-state index contributed by atoms with van der Waals surface area (Å²) in [4.78, 5) is 10.8. The van der Waals surface area contributed by atoms with Crippen LogP contribution in [0.2, 0.25) is 5.02 Å². The molecule has 0 saturated heterocycles. The third-order valence-corrected chi connectivity index (χ3v) is 4.01. The van der Waals surface area contributed by atoms with Crippen LogP contribution >= 0.6 is 11.6 Å². The van der Waals surface area contributed by atoms with Crippen LogP contribution < -0.4 is 4.74 Å². The Bertz CT molecular complexity index is 754. The van der Waals surface area contributed by atoms with E-state index in [9.17, 15) is 13.2 Å². The number of ether oxygens (including phenoxy) is 1. The second-order valence-electron chi connectivity index (χ2n) is 4.15. The monoisotopic (exact) mass is 310 g/mol. The fourth-order valence-corrected chi connectivity index (χ4v) is 2.44. The Morgan fingerprint density at radius 3 is 2.40 bits per heavy atom. The van der Waals surface area contributed by atoms with Gasteiger partial charge in [-0.2, -0.15) is 0 Å².